The third-order valence-corrected chi connectivity index (χ3v) is 2.71. The molecule has 0 spiro atoms. The predicted octanol–water partition coefficient (Wildman–Crippen LogP) is 2.16. The van der Waals surface area contributed by atoms with Crippen molar-refractivity contribution in [3.05, 3.63) is 29.3 Å². The number of rotatable bonds is 5. The van der Waals surface area contributed by atoms with Crippen molar-refractivity contribution in [2.45, 2.75) is 20.3 Å². The Kier molecular flexibility index (Phi) is 4.26. The molecule has 1 atom stereocenters. The standard InChI is InChI=1S/C13H16O4/c1-4-9-7-10(5-6-11(9)17-3)12(14)8(2)13(15)16/h5-8H,4H2,1-3H3,(H,15,16). The highest BCUT2D eigenvalue weighted by Gasteiger charge is 2.22. The van der Waals surface area contributed by atoms with Crippen molar-refractivity contribution < 1.29 is 19.4 Å². The number of carboxylic acid groups (broad SMARTS) is 1. The SMILES string of the molecule is CCc1cc(C(=O)C(C)C(=O)O)ccc1OC. The fraction of sp³-hybridized carbons (Fsp3) is 0.385. The topological polar surface area (TPSA) is 63.6 Å². The van der Waals surface area contributed by atoms with Crippen LogP contribution < -0.4 is 4.74 Å². The first kappa shape index (κ1) is 13.2. The summed E-state index contributed by atoms with van der Waals surface area (Å²) in [5.41, 5.74) is 1.31. The molecule has 1 N–H and O–H groups in total. The number of benzene rings is 1. The van der Waals surface area contributed by atoms with E-state index >= 15 is 0 Å². The summed E-state index contributed by atoms with van der Waals surface area (Å²) in [4.78, 5) is 22.6. The molecule has 0 aliphatic rings. The van der Waals surface area contributed by atoms with Crippen LogP contribution in [0.3, 0.4) is 0 Å². The first-order valence-electron chi connectivity index (χ1n) is 5.45. The van der Waals surface area contributed by atoms with Gasteiger partial charge in [-0.1, -0.05) is 6.92 Å². The number of aryl methyl sites for hydroxylation is 1. The summed E-state index contributed by atoms with van der Waals surface area (Å²) in [6, 6.07) is 4.99. The minimum absolute atomic E-state index is 0.380. The molecule has 4 nitrogen and oxygen atoms in total. The monoisotopic (exact) mass is 236 g/mol. The molecule has 0 amide bonds. The smallest absolute Gasteiger partial charge is 0.314 e. The molecule has 0 heterocycles. The van der Waals surface area contributed by atoms with Gasteiger partial charge in [-0.15, -0.1) is 0 Å². The molecule has 0 fully saturated rings. The van der Waals surface area contributed by atoms with Crippen LogP contribution in [-0.2, 0) is 11.2 Å². The normalized spacial score (nSPS) is 11.9. The van der Waals surface area contributed by atoms with Gasteiger partial charge in [0.2, 0.25) is 0 Å². The Bertz CT molecular complexity index is 437. The van der Waals surface area contributed by atoms with E-state index in [-0.39, 0.29) is 5.78 Å². The number of hydrogen-bond donors (Lipinski definition) is 1. The van der Waals surface area contributed by atoms with Gasteiger partial charge in [-0.3, -0.25) is 9.59 Å². The highest BCUT2D eigenvalue weighted by atomic mass is 16.5. The van der Waals surface area contributed by atoms with E-state index < -0.39 is 11.9 Å². The number of ether oxygens (including phenoxy) is 1. The molecule has 0 saturated heterocycles. The molecular formula is C13H16O4. The molecule has 1 aromatic rings. The Labute approximate surface area is 100 Å². The van der Waals surface area contributed by atoms with Crippen LogP contribution in [0, 0.1) is 5.92 Å². The summed E-state index contributed by atoms with van der Waals surface area (Å²) in [5.74, 6) is -1.79. The van der Waals surface area contributed by atoms with E-state index in [2.05, 4.69) is 0 Å². The number of carbonyl (C=O) groups is 2. The zero-order valence-corrected chi connectivity index (χ0v) is 10.2. The van der Waals surface area contributed by atoms with E-state index in [1.54, 1.807) is 25.3 Å². The predicted molar refractivity (Wildman–Crippen MR) is 63.5 cm³/mol. The van der Waals surface area contributed by atoms with Crippen LogP contribution in [0.4, 0.5) is 0 Å². The van der Waals surface area contributed by atoms with E-state index in [4.69, 9.17) is 9.84 Å². The zero-order valence-electron chi connectivity index (χ0n) is 10.2. The van der Waals surface area contributed by atoms with Gasteiger partial charge >= 0.3 is 5.97 Å². The first-order chi connectivity index (χ1) is 8.01. The quantitative estimate of drug-likeness (QED) is 0.628. The van der Waals surface area contributed by atoms with Crippen LogP contribution in [0.1, 0.15) is 29.8 Å². The number of carboxylic acids is 1. The molecule has 0 saturated carbocycles. The van der Waals surface area contributed by atoms with E-state index in [1.165, 1.54) is 6.92 Å². The number of methoxy groups -OCH3 is 1. The zero-order chi connectivity index (χ0) is 13.0. The average molecular weight is 236 g/mol. The fourth-order valence-electron chi connectivity index (χ4n) is 1.57. The second-order valence-electron chi connectivity index (χ2n) is 3.80. The molecule has 0 aliphatic heterocycles. The third-order valence-electron chi connectivity index (χ3n) is 2.71. The second kappa shape index (κ2) is 5.48. The Morgan fingerprint density at radius 1 is 1.41 bits per heavy atom. The lowest BCUT2D eigenvalue weighted by Gasteiger charge is -2.10. The molecule has 4 heteroatoms. The summed E-state index contributed by atoms with van der Waals surface area (Å²) in [7, 11) is 1.57. The lowest BCUT2D eigenvalue weighted by Crippen LogP contribution is -2.20. The van der Waals surface area contributed by atoms with Gasteiger partial charge in [-0.25, -0.2) is 0 Å². The second-order valence-corrected chi connectivity index (χ2v) is 3.80. The molecule has 0 bridgehead atoms. The number of Topliss-reactive ketones (excluding diaryl/α,β-unsaturated/α-hetero) is 1. The lowest BCUT2D eigenvalue weighted by molar-refractivity contribution is -0.139. The molecular weight excluding hydrogens is 220 g/mol. The molecule has 92 valence electrons. The molecule has 1 rings (SSSR count). The first-order valence-corrected chi connectivity index (χ1v) is 5.45. The maximum Gasteiger partial charge on any atom is 0.314 e. The van der Waals surface area contributed by atoms with Gasteiger partial charge in [0.1, 0.15) is 11.7 Å². The number of carbonyl (C=O) groups excluding carboxylic acids is 1. The van der Waals surface area contributed by atoms with Crippen LogP contribution in [0.15, 0.2) is 18.2 Å². The van der Waals surface area contributed by atoms with Crippen LogP contribution >= 0.6 is 0 Å². The summed E-state index contributed by atoms with van der Waals surface area (Å²) in [5, 5.41) is 8.80. The van der Waals surface area contributed by atoms with Crippen LogP contribution in [0.2, 0.25) is 0 Å². The van der Waals surface area contributed by atoms with Crippen LogP contribution in [0.5, 0.6) is 5.75 Å². The average Bonchev–Trinajstić information content (AvgIpc) is 2.35. The molecule has 1 aromatic carbocycles. The number of ketones is 1. The van der Waals surface area contributed by atoms with Gasteiger partial charge < -0.3 is 9.84 Å². The van der Waals surface area contributed by atoms with Crippen molar-refractivity contribution in [2.24, 2.45) is 5.92 Å². The highest BCUT2D eigenvalue weighted by Crippen LogP contribution is 2.22. The molecule has 0 radical (unpaired) electrons. The van der Waals surface area contributed by atoms with Crippen molar-refractivity contribution in [3.63, 3.8) is 0 Å². The summed E-state index contributed by atoms with van der Waals surface area (Å²) >= 11 is 0. The molecule has 17 heavy (non-hydrogen) atoms. The fourth-order valence-corrected chi connectivity index (χ4v) is 1.57. The van der Waals surface area contributed by atoms with Gasteiger partial charge in [0.05, 0.1) is 7.11 Å². The maximum atomic E-state index is 11.8. The van der Waals surface area contributed by atoms with E-state index in [1.807, 2.05) is 6.92 Å². The van der Waals surface area contributed by atoms with Crippen LogP contribution in [-0.4, -0.2) is 24.0 Å². The van der Waals surface area contributed by atoms with Gasteiger partial charge in [0.25, 0.3) is 0 Å². The highest BCUT2D eigenvalue weighted by molar-refractivity contribution is 6.08. The van der Waals surface area contributed by atoms with Gasteiger partial charge in [0.15, 0.2) is 5.78 Å². The molecule has 0 aromatic heterocycles. The maximum absolute atomic E-state index is 11.8. The molecule has 0 aliphatic carbocycles. The van der Waals surface area contributed by atoms with E-state index in [0.29, 0.717) is 11.3 Å². The summed E-state index contributed by atoms with van der Waals surface area (Å²) < 4.78 is 5.15. The Hall–Kier alpha value is -1.84. The summed E-state index contributed by atoms with van der Waals surface area (Å²) in [6.07, 6.45) is 0.728. The van der Waals surface area contributed by atoms with Crippen molar-refractivity contribution in [2.75, 3.05) is 7.11 Å². The number of aliphatic carboxylic acids is 1. The van der Waals surface area contributed by atoms with E-state index in [9.17, 15) is 9.59 Å². The Balaban J connectivity index is 3.08. The minimum atomic E-state index is -1.11. The lowest BCUT2D eigenvalue weighted by atomic mass is 9.97. The van der Waals surface area contributed by atoms with Crippen molar-refractivity contribution in [1.82, 2.24) is 0 Å². The van der Waals surface area contributed by atoms with Gasteiger partial charge in [-0.2, -0.15) is 0 Å². The van der Waals surface area contributed by atoms with Crippen LogP contribution in [0.25, 0.3) is 0 Å². The largest absolute Gasteiger partial charge is 0.496 e. The third kappa shape index (κ3) is 2.84. The van der Waals surface area contributed by atoms with Gasteiger partial charge in [0, 0.05) is 5.56 Å². The van der Waals surface area contributed by atoms with Crippen molar-refractivity contribution in [1.29, 1.82) is 0 Å². The van der Waals surface area contributed by atoms with Crippen molar-refractivity contribution in [3.8, 4) is 5.75 Å². The Morgan fingerprint density at radius 3 is 2.53 bits per heavy atom. The van der Waals surface area contributed by atoms with Crippen molar-refractivity contribution >= 4 is 11.8 Å². The number of hydrogen-bond acceptors (Lipinski definition) is 3. The van der Waals surface area contributed by atoms with E-state index in [0.717, 1.165) is 12.0 Å². The summed E-state index contributed by atoms with van der Waals surface area (Å²) in [6.45, 7) is 3.34. The van der Waals surface area contributed by atoms with Gasteiger partial charge in [-0.05, 0) is 37.1 Å². The Morgan fingerprint density at radius 2 is 2.06 bits per heavy atom. The minimum Gasteiger partial charge on any atom is -0.496 e. The molecule has 1 unspecified atom stereocenters.